The SMILES string of the molecule is CCCCC[C@H](O)C#Cc1ccc(OC)cc1. The highest BCUT2D eigenvalue weighted by Gasteiger charge is 1.97. The van der Waals surface area contributed by atoms with Gasteiger partial charge in [0.25, 0.3) is 0 Å². The van der Waals surface area contributed by atoms with Crippen LogP contribution in [0, 0.1) is 11.8 Å². The lowest BCUT2D eigenvalue weighted by atomic mass is 10.1. The molecule has 0 saturated carbocycles. The summed E-state index contributed by atoms with van der Waals surface area (Å²) in [7, 11) is 1.64. The average molecular weight is 232 g/mol. The Morgan fingerprint density at radius 3 is 2.53 bits per heavy atom. The van der Waals surface area contributed by atoms with Crippen LogP contribution in [0.25, 0.3) is 0 Å². The monoisotopic (exact) mass is 232 g/mol. The van der Waals surface area contributed by atoms with Crippen LogP contribution in [-0.4, -0.2) is 18.3 Å². The molecule has 0 heterocycles. The summed E-state index contributed by atoms with van der Waals surface area (Å²) in [6.07, 6.45) is 3.61. The smallest absolute Gasteiger partial charge is 0.118 e. The summed E-state index contributed by atoms with van der Waals surface area (Å²) in [5.41, 5.74) is 0.903. The molecule has 0 aliphatic rings. The molecule has 1 N–H and O–H groups in total. The van der Waals surface area contributed by atoms with E-state index >= 15 is 0 Å². The van der Waals surface area contributed by atoms with Crippen molar-refractivity contribution in [2.45, 2.75) is 38.7 Å². The maximum Gasteiger partial charge on any atom is 0.118 e. The second kappa shape index (κ2) is 7.76. The first kappa shape index (κ1) is 13.6. The lowest BCUT2D eigenvalue weighted by Gasteiger charge is -2.01. The minimum atomic E-state index is -0.511. The molecule has 1 aromatic carbocycles. The number of hydrogen-bond donors (Lipinski definition) is 1. The standard InChI is InChI=1S/C15H20O2/c1-3-4-5-6-14(16)10-7-13-8-11-15(17-2)12-9-13/h8-9,11-12,14,16H,3-6H2,1-2H3/t14-/m0/s1. The van der Waals surface area contributed by atoms with Crippen molar-refractivity contribution in [3.8, 4) is 17.6 Å². The van der Waals surface area contributed by atoms with Crippen molar-refractivity contribution in [3.05, 3.63) is 29.8 Å². The van der Waals surface area contributed by atoms with Crippen molar-refractivity contribution in [2.24, 2.45) is 0 Å². The summed E-state index contributed by atoms with van der Waals surface area (Å²) in [4.78, 5) is 0. The number of aliphatic hydroxyl groups is 1. The van der Waals surface area contributed by atoms with E-state index in [9.17, 15) is 5.11 Å². The number of unbranched alkanes of at least 4 members (excludes halogenated alkanes) is 2. The lowest BCUT2D eigenvalue weighted by molar-refractivity contribution is 0.217. The summed E-state index contributed by atoms with van der Waals surface area (Å²) < 4.78 is 5.06. The maximum atomic E-state index is 9.64. The van der Waals surface area contributed by atoms with Gasteiger partial charge in [-0.3, -0.25) is 0 Å². The fourth-order valence-electron chi connectivity index (χ4n) is 1.50. The van der Waals surface area contributed by atoms with Crippen LogP contribution in [-0.2, 0) is 0 Å². The number of rotatable bonds is 5. The molecule has 92 valence electrons. The highest BCUT2D eigenvalue weighted by atomic mass is 16.5. The number of methoxy groups -OCH3 is 1. The molecule has 0 saturated heterocycles. The van der Waals surface area contributed by atoms with Crippen LogP contribution in [0.4, 0.5) is 0 Å². The van der Waals surface area contributed by atoms with Gasteiger partial charge in [-0.05, 0) is 37.1 Å². The van der Waals surface area contributed by atoms with E-state index in [-0.39, 0.29) is 0 Å². The quantitative estimate of drug-likeness (QED) is 0.624. The zero-order valence-corrected chi connectivity index (χ0v) is 10.6. The molecule has 0 spiro atoms. The largest absolute Gasteiger partial charge is 0.497 e. The maximum absolute atomic E-state index is 9.64. The molecule has 1 atom stereocenters. The van der Waals surface area contributed by atoms with Gasteiger partial charge in [0.15, 0.2) is 0 Å². The van der Waals surface area contributed by atoms with E-state index < -0.39 is 6.10 Å². The topological polar surface area (TPSA) is 29.5 Å². The molecule has 17 heavy (non-hydrogen) atoms. The summed E-state index contributed by atoms with van der Waals surface area (Å²) in [6, 6.07) is 7.52. The third-order valence-electron chi connectivity index (χ3n) is 2.55. The molecule has 2 heteroatoms. The van der Waals surface area contributed by atoms with Crippen LogP contribution in [0.2, 0.25) is 0 Å². The molecule has 0 aromatic heterocycles. The molecule has 0 bridgehead atoms. The summed E-state index contributed by atoms with van der Waals surface area (Å²) in [6.45, 7) is 2.15. The van der Waals surface area contributed by atoms with Crippen LogP contribution in [0.15, 0.2) is 24.3 Å². The lowest BCUT2D eigenvalue weighted by Crippen LogP contribution is -2.02. The predicted molar refractivity (Wildman–Crippen MR) is 70.0 cm³/mol. The van der Waals surface area contributed by atoms with E-state index in [1.807, 2.05) is 24.3 Å². The second-order valence-electron chi connectivity index (χ2n) is 4.01. The first-order chi connectivity index (χ1) is 8.26. The number of benzene rings is 1. The molecule has 0 aliphatic carbocycles. The van der Waals surface area contributed by atoms with Gasteiger partial charge in [0.05, 0.1) is 7.11 Å². The van der Waals surface area contributed by atoms with E-state index in [1.165, 1.54) is 6.42 Å². The van der Waals surface area contributed by atoms with Crippen molar-refractivity contribution in [2.75, 3.05) is 7.11 Å². The third kappa shape index (κ3) is 5.42. The molecular weight excluding hydrogens is 212 g/mol. The highest BCUT2D eigenvalue weighted by Crippen LogP contribution is 2.10. The summed E-state index contributed by atoms with van der Waals surface area (Å²) >= 11 is 0. The molecule has 1 aromatic rings. The van der Waals surface area contributed by atoms with E-state index in [1.54, 1.807) is 7.11 Å². The third-order valence-corrected chi connectivity index (χ3v) is 2.55. The van der Waals surface area contributed by atoms with Gasteiger partial charge in [-0.25, -0.2) is 0 Å². The van der Waals surface area contributed by atoms with Gasteiger partial charge in [0.2, 0.25) is 0 Å². The molecule has 0 amide bonds. The van der Waals surface area contributed by atoms with Gasteiger partial charge in [-0.2, -0.15) is 0 Å². The first-order valence-electron chi connectivity index (χ1n) is 6.10. The Balaban J connectivity index is 2.46. The van der Waals surface area contributed by atoms with Crippen LogP contribution < -0.4 is 4.74 Å². The van der Waals surface area contributed by atoms with Gasteiger partial charge in [-0.15, -0.1) is 0 Å². The number of aliphatic hydroxyl groups excluding tert-OH is 1. The van der Waals surface area contributed by atoms with Crippen LogP contribution in [0.3, 0.4) is 0 Å². The zero-order valence-electron chi connectivity index (χ0n) is 10.6. The van der Waals surface area contributed by atoms with Crippen LogP contribution in [0.1, 0.15) is 38.2 Å². The molecule has 0 fully saturated rings. The van der Waals surface area contributed by atoms with E-state index in [4.69, 9.17) is 4.74 Å². The van der Waals surface area contributed by atoms with Gasteiger partial charge < -0.3 is 9.84 Å². The van der Waals surface area contributed by atoms with Gasteiger partial charge in [0, 0.05) is 5.56 Å². The average Bonchev–Trinajstić information content (AvgIpc) is 2.37. The molecule has 1 rings (SSSR count). The molecule has 0 radical (unpaired) electrons. The summed E-state index contributed by atoms with van der Waals surface area (Å²) in [5, 5.41) is 9.64. The van der Waals surface area contributed by atoms with E-state index in [0.717, 1.165) is 30.6 Å². The fraction of sp³-hybridized carbons (Fsp3) is 0.467. The molecule has 2 nitrogen and oxygen atoms in total. The normalized spacial score (nSPS) is 11.5. The summed E-state index contributed by atoms with van der Waals surface area (Å²) in [5.74, 6) is 6.65. The second-order valence-corrected chi connectivity index (χ2v) is 4.01. The van der Waals surface area contributed by atoms with Gasteiger partial charge in [-0.1, -0.05) is 31.6 Å². The zero-order chi connectivity index (χ0) is 12.5. The molecular formula is C15H20O2. The van der Waals surface area contributed by atoms with Crippen molar-refractivity contribution < 1.29 is 9.84 Å². The first-order valence-corrected chi connectivity index (χ1v) is 6.10. The van der Waals surface area contributed by atoms with E-state index in [2.05, 4.69) is 18.8 Å². The highest BCUT2D eigenvalue weighted by molar-refractivity contribution is 5.38. The fourth-order valence-corrected chi connectivity index (χ4v) is 1.50. The Hall–Kier alpha value is -1.46. The van der Waals surface area contributed by atoms with Crippen molar-refractivity contribution in [3.63, 3.8) is 0 Å². The van der Waals surface area contributed by atoms with Gasteiger partial charge in [0.1, 0.15) is 11.9 Å². The Kier molecular flexibility index (Phi) is 6.21. The Labute approximate surface area is 104 Å². The predicted octanol–water partition coefficient (Wildman–Crippen LogP) is 2.99. The number of hydrogen-bond acceptors (Lipinski definition) is 2. The Morgan fingerprint density at radius 2 is 1.94 bits per heavy atom. The van der Waals surface area contributed by atoms with Crippen molar-refractivity contribution >= 4 is 0 Å². The number of ether oxygens (including phenoxy) is 1. The Bertz CT molecular complexity index is 370. The van der Waals surface area contributed by atoms with Crippen LogP contribution >= 0.6 is 0 Å². The van der Waals surface area contributed by atoms with Gasteiger partial charge >= 0.3 is 0 Å². The van der Waals surface area contributed by atoms with E-state index in [0.29, 0.717) is 0 Å². The minimum absolute atomic E-state index is 0.511. The Morgan fingerprint density at radius 1 is 1.24 bits per heavy atom. The van der Waals surface area contributed by atoms with Crippen LogP contribution in [0.5, 0.6) is 5.75 Å². The van der Waals surface area contributed by atoms with Crippen molar-refractivity contribution in [1.82, 2.24) is 0 Å². The molecule has 0 aliphatic heterocycles. The minimum Gasteiger partial charge on any atom is -0.497 e. The molecule has 0 unspecified atom stereocenters. The van der Waals surface area contributed by atoms with Crippen molar-refractivity contribution in [1.29, 1.82) is 0 Å².